The van der Waals surface area contributed by atoms with Crippen LogP contribution in [-0.2, 0) is 14.3 Å². The molecule has 1 saturated carbocycles. The van der Waals surface area contributed by atoms with E-state index in [0.717, 1.165) is 31.5 Å². The van der Waals surface area contributed by atoms with E-state index >= 15 is 0 Å². The summed E-state index contributed by atoms with van der Waals surface area (Å²) in [6.45, 7) is 3.83. The number of carbonyl (C=O) groups excluding carboxylic acids is 2. The van der Waals surface area contributed by atoms with Gasteiger partial charge < -0.3 is 15.4 Å². The Morgan fingerprint density at radius 1 is 1.07 bits per heavy atom. The number of nitrogens with zero attached hydrogens (tertiary/aromatic N) is 1. The number of anilines is 1. The average Bonchev–Trinajstić information content (AvgIpc) is 2.72. The Bertz CT molecular complexity index is 699. The summed E-state index contributed by atoms with van der Waals surface area (Å²) in [5, 5.41) is 6.09. The highest BCUT2D eigenvalue weighted by Gasteiger charge is 2.24. The van der Waals surface area contributed by atoms with E-state index in [1.807, 2.05) is 6.92 Å². The second kappa shape index (κ2) is 11.0. The van der Waals surface area contributed by atoms with Crippen molar-refractivity contribution in [3.8, 4) is 0 Å². The number of hydrogen-bond donors (Lipinski definition) is 2. The van der Waals surface area contributed by atoms with Gasteiger partial charge in [0, 0.05) is 23.8 Å². The number of carbonyl (C=O) groups is 2. The number of halogens is 1. The monoisotopic (exact) mass is 421 g/mol. The molecule has 1 aliphatic carbocycles. The minimum Gasteiger partial charge on any atom is -0.375 e. The predicted octanol–water partition coefficient (Wildman–Crippen LogP) is 3.52. The summed E-state index contributed by atoms with van der Waals surface area (Å²) >= 11 is 6.06. The number of amides is 2. The number of benzene rings is 1. The second-order valence-corrected chi connectivity index (χ2v) is 8.52. The SMILES string of the molecule is Cc1c(Cl)cccc1NC(=O)CNC(=O)CN1CCC(OC2CCCCC2)CC1. The summed E-state index contributed by atoms with van der Waals surface area (Å²) in [4.78, 5) is 26.4. The molecule has 29 heavy (non-hydrogen) atoms. The minimum atomic E-state index is -0.261. The molecule has 0 aromatic heterocycles. The standard InChI is InChI=1S/C22H32ClN3O3/c1-16-19(23)8-5-9-20(16)25-21(27)14-24-22(28)15-26-12-10-18(11-13-26)29-17-6-3-2-4-7-17/h5,8-9,17-18H,2-4,6-7,10-15H2,1H3,(H,24,28)(H,25,27). The van der Waals surface area contributed by atoms with Crippen LogP contribution in [0.5, 0.6) is 0 Å². The van der Waals surface area contributed by atoms with Crippen molar-refractivity contribution in [1.29, 1.82) is 0 Å². The third-order valence-electron chi connectivity index (χ3n) is 5.83. The van der Waals surface area contributed by atoms with Crippen molar-refractivity contribution >= 4 is 29.1 Å². The molecule has 0 spiro atoms. The number of piperidine rings is 1. The molecule has 0 unspecified atom stereocenters. The molecule has 0 atom stereocenters. The lowest BCUT2D eigenvalue weighted by Gasteiger charge is -2.34. The van der Waals surface area contributed by atoms with E-state index in [-0.39, 0.29) is 18.4 Å². The normalized spacial score (nSPS) is 19.1. The highest BCUT2D eigenvalue weighted by molar-refractivity contribution is 6.31. The Balaban J connectivity index is 1.32. The van der Waals surface area contributed by atoms with Gasteiger partial charge in [0.2, 0.25) is 11.8 Å². The first-order chi connectivity index (χ1) is 14.0. The van der Waals surface area contributed by atoms with Crippen LogP contribution < -0.4 is 10.6 Å². The molecular weight excluding hydrogens is 390 g/mol. The third kappa shape index (κ3) is 6.98. The summed E-state index contributed by atoms with van der Waals surface area (Å²) in [5.41, 5.74) is 1.48. The van der Waals surface area contributed by atoms with E-state index in [9.17, 15) is 9.59 Å². The van der Waals surface area contributed by atoms with Crippen molar-refractivity contribution in [1.82, 2.24) is 10.2 Å². The molecule has 6 nitrogen and oxygen atoms in total. The maximum absolute atomic E-state index is 12.2. The van der Waals surface area contributed by atoms with Crippen LogP contribution in [-0.4, -0.2) is 55.1 Å². The highest BCUT2D eigenvalue weighted by Crippen LogP contribution is 2.25. The van der Waals surface area contributed by atoms with Crippen LogP contribution in [0.2, 0.25) is 5.02 Å². The molecule has 1 aliphatic heterocycles. The minimum absolute atomic E-state index is 0.0496. The van der Waals surface area contributed by atoms with Gasteiger partial charge in [-0.25, -0.2) is 0 Å². The average molecular weight is 422 g/mol. The van der Waals surface area contributed by atoms with Crippen LogP contribution in [0.3, 0.4) is 0 Å². The predicted molar refractivity (Wildman–Crippen MR) is 115 cm³/mol. The molecule has 2 N–H and O–H groups in total. The summed E-state index contributed by atoms with van der Waals surface area (Å²) in [6, 6.07) is 5.35. The molecule has 1 aromatic carbocycles. The molecule has 2 amide bonds. The Kier molecular flexibility index (Phi) is 8.33. The van der Waals surface area contributed by atoms with Crippen LogP contribution >= 0.6 is 11.6 Å². The van der Waals surface area contributed by atoms with E-state index in [1.165, 1.54) is 32.1 Å². The van der Waals surface area contributed by atoms with Gasteiger partial charge in [-0.05, 0) is 50.3 Å². The van der Waals surface area contributed by atoms with Gasteiger partial charge in [0.25, 0.3) is 0 Å². The Morgan fingerprint density at radius 2 is 1.76 bits per heavy atom. The molecule has 2 fully saturated rings. The molecule has 0 bridgehead atoms. The van der Waals surface area contributed by atoms with Crippen LogP contribution in [0.25, 0.3) is 0 Å². The Morgan fingerprint density at radius 3 is 2.48 bits per heavy atom. The molecule has 1 saturated heterocycles. The lowest BCUT2D eigenvalue weighted by molar-refractivity contribution is -0.125. The summed E-state index contributed by atoms with van der Waals surface area (Å²) in [6.07, 6.45) is 9.00. The van der Waals surface area contributed by atoms with Crippen molar-refractivity contribution in [2.45, 2.75) is 64.1 Å². The van der Waals surface area contributed by atoms with Gasteiger partial charge >= 0.3 is 0 Å². The lowest BCUT2D eigenvalue weighted by atomic mass is 9.97. The van der Waals surface area contributed by atoms with Crippen molar-refractivity contribution in [2.75, 3.05) is 31.5 Å². The first-order valence-electron chi connectivity index (χ1n) is 10.7. The van der Waals surface area contributed by atoms with Crippen LogP contribution in [0.15, 0.2) is 18.2 Å². The molecule has 160 valence electrons. The summed E-state index contributed by atoms with van der Waals surface area (Å²) in [5.74, 6) is -0.391. The Hall–Kier alpha value is -1.63. The van der Waals surface area contributed by atoms with E-state index in [4.69, 9.17) is 16.3 Å². The van der Waals surface area contributed by atoms with Crippen molar-refractivity contribution in [3.63, 3.8) is 0 Å². The number of likely N-dealkylation sites (tertiary alicyclic amines) is 1. The van der Waals surface area contributed by atoms with Crippen molar-refractivity contribution < 1.29 is 14.3 Å². The number of nitrogens with one attached hydrogen (secondary N) is 2. The van der Waals surface area contributed by atoms with Gasteiger partial charge in [-0.15, -0.1) is 0 Å². The van der Waals surface area contributed by atoms with Gasteiger partial charge in [-0.3, -0.25) is 14.5 Å². The lowest BCUT2D eigenvalue weighted by Crippen LogP contribution is -2.45. The van der Waals surface area contributed by atoms with Crippen LogP contribution in [0.1, 0.15) is 50.5 Å². The number of ether oxygens (including phenoxy) is 1. The molecule has 2 aliphatic rings. The Labute approximate surface area is 178 Å². The van der Waals surface area contributed by atoms with Crippen LogP contribution in [0.4, 0.5) is 5.69 Å². The smallest absolute Gasteiger partial charge is 0.243 e. The molecule has 0 radical (unpaired) electrons. The van der Waals surface area contributed by atoms with Gasteiger partial charge in [0.15, 0.2) is 0 Å². The number of hydrogen-bond acceptors (Lipinski definition) is 4. The van der Waals surface area contributed by atoms with Crippen molar-refractivity contribution in [2.24, 2.45) is 0 Å². The fourth-order valence-corrected chi connectivity index (χ4v) is 4.23. The first-order valence-corrected chi connectivity index (χ1v) is 11.1. The zero-order valence-corrected chi connectivity index (χ0v) is 18.0. The van der Waals surface area contributed by atoms with Gasteiger partial charge in [0.1, 0.15) is 0 Å². The third-order valence-corrected chi connectivity index (χ3v) is 6.24. The van der Waals surface area contributed by atoms with Gasteiger partial charge in [-0.2, -0.15) is 0 Å². The molecule has 1 heterocycles. The molecular formula is C22H32ClN3O3. The zero-order chi connectivity index (χ0) is 20.6. The number of rotatable bonds is 7. The van der Waals surface area contributed by atoms with Crippen molar-refractivity contribution in [3.05, 3.63) is 28.8 Å². The molecule has 7 heteroatoms. The molecule has 3 rings (SSSR count). The van der Waals surface area contributed by atoms with E-state index in [2.05, 4.69) is 15.5 Å². The maximum atomic E-state index is 12.2. The maximum Gasteiger partial charge on any atom is 0.243 e. The second-order valence-electron chi connectivity index (χ2n) is 8.11. The fourth-order valence-electron chi connectivity index (χ4n) is 4.05. The fraction of sp³-hybridized carbons (Fsp3) is 0.636. The summed E-state index contributed by atoms with van der Waals surface area (Å²) in [7, 11) is 0. The quantitative estimate of drug-likeness (QED) is 0.706. The van der Waals surface area contributed by atoms with Gasteiger partial charge in [0.05, 0.1) is 25.3 Å². The first kappa shape index (κ1) is 22.1. The molecule has 1 aromatic rings. The van der Waals surface area contributed by atoms with E-state index in [1.54, 1.807) is 18.2 Å². The van der Waals surface area contributed by atoms with E-state index < -0.39 is 0 Å². The van der Waals surface area contributed by atoms with E-state index in [0.29, 0.717) is 29.5 Å². The summed E-state index contributed by atoms with van der Waals surface area (Å²) < 4.78 is 6.25. The van der Waals surface area contributed by atoms with Gasteiger partial charge in [-0.1, -0.05) is 36.9 Å². The van der Waals surface area contributed by atoms with Crippen LogP contribution in [0, 0.1) is 6.92 Å². The largest absolute Gasteiger partial charge is 0.375 e. The zero-order valence-electron chi connectivity index (χ0n) is 17.2. The topological polar surface area (TPSA) is 70.7 Å². The highest BCUT2D eigenvalue weighted by atomic mass is 35.5.